The number of hydrogen-bond donors (Lipinski definition) is 2. The fourth-order valence-electron chi connectivity index (χ4n) is 6.55. The number of rotatable bonds is 9. The summed E-state index contributed by atoms with van der Waals surface area (Å²) < 4.78 is 40.4. The van der Waals surface area contributed by atoms with Crippen LogP contribution in [0.3, 0.4) is 0 Å². The van der Waals surface area contributed by atoms with E-state index in [1.807, 2.05) is 42.5 Å². The predicted molar refractivity (Wildman–Crippen MR) is 192 cm³/mol. The zero-order chi connectivity index (χ0) is 36.2. The van der Waals surface area contributed by atoms with E-state index in [2.05, 4.69) is 4.90 Å². The number of aliphatic hydroxyl groups is 2. The Morgan fingerprint density at radius 2 is 1.57 bits per heavy atom. The van der Waals surface area contributed by atoms with E-state index in [-0.39, 0.29) is 18.2 Å². The highest BCUT2D eigenvalue weighted by molar-refractivity contribution is 6.30. The molecule has 1 saturated heterocycles. The molecule has 0 aliphatic carbocycles. The maximum Gasteiger partial charge on any atom is 0.270 e. The number of nitrogens with zero attached hydrogens (tertiary/aromatic N) is 1. The molecule has 3 heterocycles. The Morgan fingerprint density at radius 1 is 0.882 bits per heavy atom. The largest absolute Gasteiger partial charge is 0.497 e. The minimum atomic E-state index is -1.58. The van der Waals surface area contributed by atoms with Gasteiger partial charge in [0.2, 0.25) is 0 Å². The van der Waals surface area contributed by atoms with Gasteiger partial charge in [-0.15, -0.1) is 0 Å². The second-order valence-corrected chi connectivity index (χ2v) is 13.2. The van der Waals surface area contributed by atoms with E-state index in [9.17, 15) is 19.4 Å². The first-order valence-electron chi connectivity index (χ1n) is 16.7. The Balaban J connectivity index is 0.000000176. The monoisotopic (exact) mass is 717 g/mol. The molecule has 1 unspecified atom stereocenters. The maximum absolute atomic E-state index is 12.9. The summed E-state index contributed by atoms with van der Waals surface area (Å²) in [7, 11) is 4.71. The minimum absolute atomic E-state index is 0.0298. The van der Waals surface area contributed by atoms with Gasteiger partial charge in [-0.1, -0.05) is 23.7 Å². The number of fused-ring (bicyclic) bond motifs is 4. The minimum Gasteiger partial charge on any atom is -0.497 e. The average molecular weight is 718 g/mol. The van der Waals surface area contributed by atoms with Crippen molar-refractivity contribution in [2.24, 2.45) is 0 Å². The molecule has 0 radical (unpaired) electrons. The van der Waals surface area contributed by atoms with E-state index < -0.39 is 11.4 Å². The molecule has 0 amide bonds. The fourth-order valence-corrected chi connectivity index (χ4v) is 6.68. The van der Waals surface area contributed by atoms with Crippen LogP contribution in [-0.2, 0) is 5.60 Å². The Morgan fingerprint density at radius 3 is 2.24 bits per heavy atom. The lowest BCUT2D eigenvalue weighted by Gasteiger charge is -2.39. The molecule has 0 spiro atoms. The molecule has 9 nitrogen and oxygen atoms in total. The molecule has 7 rings (SSSR count). The van der Waals surface area contributed by atoms with Crippen LogP contribution in [-0.4, -0.2) is 74.3 Å². The van der Waals surface area contributed by atoms with Crippen LogP contribution in [0.4, 0.5) is 4.39 Å². The zero-order valence-electron chi connectivity index (χ0n) is 28.8. The van der Waals surface area contributed by atoms with Gasteiger partial charge in [0.05, 0.1) is 26.9 Å². The Hall–Kier alpha value is -4.61. The Kier molecular flexibility index (Phi) is 10.9. The van der Waals surface area contributed by atoms with Crippen molar-refractivity contribution in [3.05, 3.63) is 112 Å². The van der Waals surface area contributed by atoms with E-state index >= 15 is 0 Å². The van der Waals surface area contributed by atoms with Crippen LogP contribution in [0.2, 0.25) is 5.02 Å². The summed E-state index contributed by atoms with van der Waals surface area (Å²) in [5.41, 5.74) is 2.84. The number of ketones is 1. The van der Waals surface area contributed by atoms with Crippen LogP contribution in [0, 0.1) is 5.82 Å². The first kappa shape index (κ1) is 36.2. The van der Waals surface area contributed by atoms with Crippen molar-refractivity contribution in [2.75, 3.05) is 47.6 Å². The summed E-state index contributed by atoms with van der Waals surface area (Å²) in [6.07, 6.45) is 4.44. The number of piperidine rings is 1. The lowest BCUT2D eigenvalue weighted by atomic mass is 9.84. The summed E-state index contributed by atoms with van der Waals surface area (Å²) >= 11 is 5.92. The van der Waals surface area contributed by atoms with Gasteiger partial charge < -0.3 is 38.8 Å². The van der Waals surface area contributed by atoms with Crippen LogP contribution < -0.4 is 23.7 Å². The summed E-state index contributed by atoms with van der Waals surface area (Å²) in [4.78, 5) is 14.4. The average Bonchev–Trinajstić information content (AvgIpc) is 3.14. The second-order valence-electron chi connectivity index (χ2n) is 12.8. The number of halogens is 2. The summed E-state index contributed by atoms with van der Waals surface area (Å²) in [5.74, 6) is 1.05. The molecule has 2 N–H and O–H groups in total. The van der Waals surface area contributed by atoms with Crippen LogP contribution in [0.25, 0.3) is 11.6 Å². The molecule has 51 heavy (non-hydrogen) atoms. The molecule has 0 saturated carbocycles. The quantitative estimate of drug-likeness (QED) is 0.175. The number of hydrogen-bond acceptors (Lipinski definition) is 9. The van der Waals surface area contributed by atoms with Gasteiger partial charge in [0.25, 0.3) is 5.79 Å². The highest BCUT2D eigenvalue weighted by atomic mass is 35.5. The van der Waals surface area contributed by atoms with Crippen molar-refractivity contribution in [2.45, 2.75) is 37.1 Å². The van der Waals surface area contributed by atoms with Crippen LogP contribution in [0.1, 0.15) is 52.7 Å². The normalized spacial score (nSPS) is 18.6. The number of likely N-dealkylation sites (tertiary alicyclic amines) is 1. The number of benzene rings is 4. The third kappa shape index (κ3) is 7.99. The van der Waals surface area contributed by atoms with Gasteiger partial charge in [-0.3, -0.25) is 4.79 Å². The molecule has 3 aliphatic heterocycles. The van der Waals surface area contributed by atoms with Gasteiger partial charge in [0, 0.05) is 58.9 Å². The molecule has 1 atom stereocenters. The van der Waals surface area contributed by atoms with Crippen molar-refractivity contribution in [1.29, 1.82) is 0 Å². The standard InChI is InChI=1S/C21H23ClFNO2.C19H18O6/c22-18-7-5-17(6-8-18)21(26)11-14-24(15-12-21)13-1-2-20(25)16-3-9-19(23)10-4-16;1-21-12-5-4-11-6-14-13-8-17(22-2)18(23-3)9-16(13)24-10-19(14,20)25-15(11)7-12/h3-10,26H,1-2,11-15H2;4-9,20H,10H2,1-3H3. The van der Waals surface area contributed by atoms with E-state index in [0.29, 0.717) is 69.7 Å². The highest BCUT2D eigenvalue weighted by Crippen LogP contribution is 2.49. The third-order valence-electron chi connectivity index (χ3n) is 9.53. The van der Waals surface area contributed by atoms with Crippen LogP contribution >= 0.6 is 11.6 Å². The second kappa shape index (κ2) is 15.3. The number of carbonyl (C=O) groups is 1. The van der Waals surface area contributed by atoms with Gasteiger partial charge in [0.1, 0.15) is 23.1 Å². The highest BCUT2D eigenvalue weighted by Gasteiger charge is 2.44. The molecular weight excluding hydrogens is 677 g/mol. The van der Waals surface area contributed by atoms with Crippen molar-refractivity contribution in [1.82, 2.24) is 4.90 Å². The van der Waals surface area contributed by atoms with Gasteiger partial charge >= 0.3 is 0 Å². The summed E-state index contributed by atoms with van der Waals surface area (Å²) in [6.45, 7) is 2.38. The zero-order valence-corrected chi connectivity index (χ0v) is 29.5. The lowest BCUT2D eigenvalue weighted by Crippen LogP contribution is -2.47. The molecule has 268 valence electrons. The molecule has 4 aromatic carbocycles. The molecule has 11 heteroatoms. The number of Topliss-reactive ketones (excluding diaryl/α,β-unsaturated/α-hetero) is 1. The van der Waals surface area contributed by atoms with E-state index in [1.54, 1.807) is 39.5 Å². The van der Waals surface area contributed by atoms with Gasteiger partial charge in [-0.2, -0.15) is 0 Å². The summed E-state index contributed by atoms with van der Waals surface area (Å²) in [6, 6.07) is 22.1. The molecule has 3 aliphatic rings. The third-order valence-corrected chi connectivity index (χ3v) is 9.78. The lowest BCUT2D eigenvalue weighted by molar-refractivity contribution is -0.116. The van der Waals surface area contributed by atoms with E-state index in [0.717, 1.165) is 37.2 Å². The predicted octanol–water partition coefficient (Wildman–Crippen LogP) is 7.15. The molecule has 0 bridgehead atoms. The van der Waals surface area contributed by atoms with Crippen molar-refractivity contribution in [3.8, 4) is 28.7 Å². The Labute approximate surface area is 301 Å². The SMILES string of the molecule is COc1ccc2c(c1)OC1(O)COc3cc(OC)c(OC)cc3C1=C2.O=C(CCCN1CCC(O)(c2ccc(Cl)cc2)CC1)c1ccc(F)cc1. The van der Waals surface area contributed by atoms with Crippen LogP contribution in [0.15, 0.2) is 78.9 Å². The molecule has 1 fully saturated rings. The topological polar surface area (TPSA) is 107 Å². The fraction of sp³-hybridized carbons (Fsp3) is 0.325. The number of ether oxygens (including phenoxy) is 5. The van der Waals surface area contributed by atoms with Gasteiger partial charge in [-0.05, 0) is 92.0 Å². The number of methoxy groups -OCH3 is 3. The van der Waals surface area contributed by atoms with Gasteiger partial charge in [0.15, 0.2) is 23.9 Å². The van der Waals surface area contributed by atoms with Gasteiger partial charge in [-0.25, -0.2) is 4.39 Å². The smallest absolute Gasteiger partial charge is 0.270 e. The Bertz CT molecular complexity index is 1890. The molecular formula is C40H41ClFNO8. The molecule has 0 aromatic heterocycles. The number of carbonyl (C=O) groups excluding carboxylic acids is 1. The first-order chi connectivity index (χ1) is 24.5. The van der Waals surface area contributed by atoms with Crippen molar-refractivity contribution in [3.63, 3.8) is 0 Å². The maximum atomic E-state index is 12.9. The first-order valence-corrected chi connectivity index (χ1v) is 17.1. The van der Waals surface area contributed by atoms with Crippen LogP contribution in [0.5, 0.6) is 28.7 Å². The molecule has 4 aromatic rings. The summed E-state index contributed by atoms with van der Waals surface area (Å²) in [5, 5.41) is 22.6. The van der Waals surface area contributed by atoms with Crippen molar-refractivity contribution < 1.29 is 43.1 Å². The van der Waals surface area contributed by atoms with E-state index in [4.69, 9.17) is 35.3 Å². The van der Waals surface area contributed by atoms with E-state index in [1.165, 1.54) is 24.3 Å². The van der Waals surface area contributed by atoms with Crippen molar-refractivity contribution >= 4 is 29.0 Å².